The molecule has 186 valence electrons. The summed E-state index contributed by atoms with van der Waals surface area (Å²) in [6.07, 6.45) is 13.5. The van der Waals surface area contributed by atoms with E-state index in [0.717, 1.165) is 21.0 Å². The molecule has 12 heteroatoms. The molecule has 0 bridgehead atoms. The highest BCUT2D eigenvalue weighted by atomic mass is 35.5. The first kappa shape index (κ1) is 23.6. The number of rotatable bonds is 5. The van der Waals surface area contributed by atoms with E-state index >= 15 is 0 Å². The summed E-state index contributed by atoms with van der Waals surface area (Å²) >= 11 is 7.82. The zero-order valence-electron chi connectivity index (χ0n) is 19.5. The van der Waals surface area contributed by atoms with Gasteiger partial charge in [-0.1, -0.05) is 17.7 Å². The second-order valence-corrected chi connectivity index (χ2v) is 13.1. The smallest absolute Gasteiger partial charge is 0.250 e. The third kappa shape index (κ3) is 3.41. The van der Waals surface area contributed by atoms with Crippen LogP contribution < -0.4 is 5.73 Å². The molecular weight excluding hydrogens is 520 g/mol. The number of nitrogens with zero attached hydrogens (tertiary/aromatic N) is 5. The zero-order chi connectivity index (χ0) is 25.3. The Labute approximate surface area is 216 Å². The summed E-state index contributed by atoms with van der Waals surface area (Å²) in [5.41, 5.74) is 7.75. The SMILES string of the molecule is Cn1cc(C2C=CC(Cl)=CC2(C)S(=O)(=O)n2ccc3c(-c4ncc(C5(N)COC5)s4)ccnc32)cn1. The molecule has 0 spiro atoms. The van der Waals surface area contributed by atoms with E-state index in [4.69, 9.17) is 22.1 Å². The molecule has 2 N–H and O–H groups in total. The largest absolute Gasteiger partial charge is 0.377 e. The van der Waals surface area contributed by atoms with Crippen LogP contribution in [0, 0.1) is 0 Å². The molecule has 1 fully saturated rings. The van der Waals surface area contributed by atoms with Crippen LogP contribution in [-0.2, 0) is 27.3 Å². The summed E-state index contributed by atoms with van der Waals surface area (Å²) < 4.78 is 35.3. The van der Waals surface area contributed by atoms with Gasteiger partial charge in [0.1, 0.15) is 9.75 Å². The van der Waals surface area contributed by atoms with Gasteiger partial charge >= 0.3 is 0 Å². The maximum atomic E-state index is 14.3. The quantitative estimate of drug-likeness (QED) is 0.410. The Morgan fingerprint density at radius 2 is 2.06 bits per heavy atom. The van der Waals surface area contributed by atoms with Crippen molar-refractivity contribution in [3.05, 3.63) is 76.8 Å². The van der Waals surface area contributed by atoms with Gasteiger partial charge in [0.05, 0.1) is 24.9 Å². The van der Waals surface area contributed by atoms with Crippen molar-refractivity contribution in [3.8, 4) is 10.6 Å². The van der Waals surface area contributed by atoms with Crippen molar-refractivity contribution in [1.82, 2.24) is 23.7 Å². The van der Waals surface area contributed by atoms with Crippen molar-refractivity contribution in [2.75, 3.05) is 13.2 Å². The third-order valence-corrected chi connectivity index (χ3v) is 10.7. The Morgan fingerprint density at radius 1 is 1.25 bits per heavy atom. The highest BCUT2D eigenvalue weighted by Gasteiger charge is 2.48. The van der Waals surface area contributed by atoms with Crippen LogP contribution in [0.4, 0.5) is 0 Å². The lowest BCUT2D eigenvalue weighted by atomic mass is 9.85. The van der Waals surface area contributed by atoms with E-state index < -0.39 is 26.2 Å². The molecule has 2 aliphatic rings. The average molecular weight is 543 g/mol. The molecule has 9 nitrogen and oxygen atoms in total. The van der Waals surface area contributed by atoms with Crippen LogP contribution in [0.3, 0.4) is 0 Å². The summed E-state index contributed by atoms with van der Waals surface area (Å²) in [5.74, 6) is -0.494. The third-order valence-electron chi connectivity index (χ3n) is 6.89. The fraction of sp³-hybridized carbons (Fsp3) is 0.292. The maximum Gasteiger partial charge on any atom is 0.250 e. The van der Waals surface area contributed by atoms with Gasteiger partial charge in [-0.3, -0.25) is 4.68 Å². The van der Waals surface area contributed by atoms with Crippen LogP contribution in [0.1, 0.15) is 23.3 Å². The predicted molar refractivity (Wildman–Crippen MR) is 139 cm³/mol. The normalized spacial score (nSPS) is 23.6. The van der Waals surface area contributed by atoms with Gasteiger partial charge in [-0.25, -0.2) is 22.4 Å². The highest BCUT2D eigenvalue weighted by Crippen LogP contribution is 2.44. The van der Waals surface area contributed by atoms with Gasteiger partial charge in [0.15, 0.2) is 5.65 Å². The van der Waals surface area contributed by atoms with E-state index in [1.807, 2.05) is 18.3 Å². The van der Waals surface area contributed by atoms with Gasteiger partial charge in [0.25, 0.3) is 0 Å². The van der Waals surface area contributed by atoms with Crippen LogP contribution in [0.5, 0.6) is 0 Å². The molecule has 36 heavy (non-hydrogen) atoms. The number of nitrogens with two attached hydrogens (primary N) is 1. The van der Waals surface area contributed by atoms with Gasteiger partial charge in [-0.2, -0.15) is 5.10 Å². The van der Waals surface area contributed by atoms with Crippen molar-refractivity contribution in [3.63, 3.8) is 0 Å². The molecule has 4 aromatic rings. The molecular formula is C24H23ClN6O3S2. The second kappa shape index (κ2) is 8.09. The molecule has 0 radical (unpaired) electrons. The van der Waals surface area contributed by atoms with Crippen molar-refractivity contribution in [1.29, 1.82) is 0 Å². The van der Waals surface area contributed by atoms with Crippen LogP contribution in [0.2, 0.25) is 0 Å². The summed E-state index contributed by atoms with van der Waals surface area (Å²) in [5, 5.41) is 6.02. The number of fused-ring (bicyclic) bond motifs is 1. The highest BCUT2D eigenvalue weighted by molar-refractivity contribution is 7.91. The second-order valence-electron chi connectivity index (χ2n) is 9.39. The molecule has 5 heterocycles. The minimum absolute atomic E-state index is 0.323. The van der Waals surface area contributed by atoms with Crippen LogP contribution in [0.25, 0.3) is 21.6 Å². The number of allylic oxidation sites excluding steroid dienone is 3. The molecule has 2 atom stereocenters. The number of hydrogen-bond donors (Lipinski definition) is 1. The predicted octanol–water partition coefficient (Wildman–Crippen LogP) is 3.49. The summed E-state index contributed by atoms with van der Waals surface area (Å²) in [6, 6.07) is 3.59. The lowest BCUT2D eigenvalue weighted by Crippen LogP contribution is -2.53. The molecule has 0 aromatic carbocycles. The Balaban J connectivity index is 1.46. The molecule has 1 aliphatic heterocycles. The van der Waals surface area contributed by atoms with E-state index in [0.29, 0.717) is 29.3 Å². The van der Waals surface area contributed by atoms with Gasteiger partial charge < -0.3 is 10.5 Å². The molecule has 6 rings (SSSR count). The van der Waals surface area contributed by atoms with Gasteiger partial charge in [0, 0.05) is 58.6 Å². The standard InChI is InChI=1S/C24H23ClN6O3S2/c1-23(9-16(25)3-4-19(23)15-10-29-30(2)12-15)36(32,33)31-8-6-17-18(5-7-27-21(17)31)22-28-11-20(35-22)24(26)13-34-14-24/h3-12,19H,13-14,26H2,1-2H3. The molecule has 4 aromatic heterocycles. The molecule has 0 saturated carbocycles. The first-order valence-electron chi connectivity index (χ1n) is 11.2. The number of aromatic nitrogens is 5. The lowest BCUT2D eigenvalue weighted by molar-refractivity contribution is -0.0551. The van der Waals surface area contributed by atoms with Gasteiger partial charge in [0.2, 0.25) is 10.0 Å². The summed E-state index contributed by atoms with van der Waals surface area (Å²) in [6.45, 7) is 2.59. The van der Waals surface area contributed by atoms with Crippen LogP contribution in [0.15, 0.2) is 66.4 Å². The number of hydrogen-bond acceptors (Lipinski definition) is 8. The Bertz CT molecular complexity index is 1660. The van der Waals surface area contributed by atoms with Gasteiger partial charge in [-0.05, 0) is 36.8 Å². The first-order chi connectivity index (χ1) is 17.1. The molecule has 2 unspecified atom stereocenters. The summed E-state index contributed by atoms with van der Waals surface area (Å²) in [7, 11) is -2.23. The monoisotopic (exact) mass is 542 g/mol. The van der Waals surface area contributed by atoms with Crippen LogP contribution >= 0.6 is 22.9 Å². The van der Waals surface area contributed by atoms with E-state index in [1.54, 1.807) is 61.7 Å². The van der Waals surface area contributed by atoms with Crippen molar-refractivity contribution in [2.45, 2.75) is 23.1 Å². The average Bonchev–Trinajstić information content (AvgIpc) is 3.57. The number of thiazole rings is 1. The number of aryl methyl sites for hydroxylation is 1. The maximum absolute atomic E-state index is 14.3. The van der Waals surface area contributed by atoms with E-state index in [-0.39, 0.29) is 0 Å². The van der Waals surface area contributed by atoms with Crippen molar-refractivity contribution < 1.29 is 13.2 Å². The Morgan fingerprint density at radius 3 is 2.75 bits per heavy atom. The summed E-state index contributed by atoms with van der Waals surface area (Å²) in [4.78, 5) is 9.96. The van der Waals surface area contributed by atoms with Crippen molar-refractivity contribution in [2.24, 2.45) is 12.8 Å². The van der Waals surface area contributed by atoms with E-state index in [2.05, 4.69) is 15.1 Å². The minimum atomic E-state index is -4.03. The van der Waals surface area contributed by atoms with Crippen molar-refractivity contribution >= 4 is 44.0 Å². The van der Waals surface area contributed by atoms with E-state index in [1.165, 1.54) is 15.3 Å². The van der Waals surface area contributed by atoms with Crippen LogP contribution in [-0.4, -0.2) is 50.1 Å². The minimum Gasteiger partial charge on any atom is -0.377 e. The molecule has 0 amide bonds. The molecule has 1 saturated heterocycles. The topological polar surface area (TPSA) is 118 Å². The van der Waals surface area contributed by atoms with E-state index in [9.17, 15) is 8.42 Å². The number of halogens is 1. The lowest BCUT2D eigenvalue weighted by Gasteiger charge is -2.36. The number of ether oxygens (including phenoxy) is 1. The zero-order valence-corrected chi connectivity index (χ0v) is 21.9. The van der Waals surface area contributed by atoms with Gasteiger partial charge in [-0.15, -0.1) is 11.3 Å². The molecule has 1 aliphatic carbocycles. The first-order valence-corrected chi connectivity index (χ1v) is 13.9. The Hall–Kier alpha value is -2.83. The Kier molecular flexibility index (Phi) is 5.29. The fourth-order valence-corrected chi connectivity index (χ4v) is 7.99. The number of pyridine rings is 1. The fourth-order valence-electron chi connectivity index (χ4n) is 4.77.